The van der Waals surface area contributed by atoms with Gasteiger partial charge in [0.1, 0.15) is 0 Å². The molecule has 1 N–H and O–H groups in total. The van der Waals surface area contributed by atoms with Crippen LogP contribution in [0.15, 0.2) is 28.7 Å². The van der Waals surface area contributed by atoms with Gasteiger partial charge in [-0.25, -0.2) is 0 Å². The van der Waals surface area contributed by atoms with Gasteiger partial charge in [0.15, 0.2) is 0 Å². The molecule has 2 rings (SSSR count). The third-order valence-corrected chi connectivity index (χ3v) is 3.15. The van der Waals surface area contributed by atoms with Crippen LogP contribution in [0, 0.1) is 0 Å². The van der Waals surface area contributed by atoms with Gasteiger partial charge in [0.2, 0.25) is 0 Å². The summed E-state index contributed by atoms with van der Waals surface area (Å²) in [5.41, 5.74) is 2.14. The third kappa shape index (κ3) is 1.37. The van der Waals surface area contributed by atoms with Crippen molar-refractivity contribution in [2.45, 2.75) is 20.1 Å². The van der Waals surface area contributed by atoms with E-state index in [2.05, 4.69) is 33.5 Å². The van der Waals surface area contributed by atoms with E-state index in [-0.39, 0.29) is 6.61 Å². The molecule has 1 aromatic heterocycles. The number of hydrogen-bond donors (Lipinski definition) is 1. The van der Waals surface area contributed by atoms with Crippen LogP contribution in [0.2, 0.25) is 0 Å². The standard InChI is InChI=1S/C11H12BrNO/c1-2-13-8(7-14)6-9-10(12)4-3-5-11(9)13/h3-6,14H,2,7H2,1H3. The number of nitrogens with zero attached hydrogens (tertiary/aromatic N) is 1. The van der Waals surface area contributed by atoms with Crippen LogP contribution in [0.3, 0.4) is 0 Å². The van der Waals surface area contributed by atoms with E-state index < -0.39 is 0 Å². The minimum absolute atomic E-state index is 0.0922. The van der Waals surface area contributed by atoms with Crippen LogP contribution in [-0.2, 0) is 13.2 Å². The Labute approximate surface area is 91.3 Å². The zero-order valence-corrected chi connectivity index (χ0v) is 9.58. The van der Waals surface area contributed by atoms with Gasteiger partial charge in [-0.2, -0.15) is 0 Å². The topological polar surface area (TPSA) is 25.2 Å². The van der Waals surface area contributed by atoms with Gasteiger partial charge in [-0.3, -0.25) is 0 Å². The highest BCUT2D eigenvalue weighted by atomic mass is 79.9. The summed E-state index contributed by atoms with van der Waals surface area (Å²) in [5.74, 6) is 0. The van der Waals surface area contributed by atoms with E-state index in [4.69, 9.17) is 0 Å². The van der Waals surface area contributed by atoms with Crippen LogP contribution < -0.4 is 0 Å². The molecule has 0 saturated heterocycles. The van der Waals surface area contributed by atoms with Crippen molar-refractivity contribution in [3.05, 3.63) is 34.4 Å². The largest absolute Gasteiger partial charge is 0.390 e. The van der Waals surface area contributed by atoms with Crippen LogP contribution in [-0.4, -0.2) is 9.67 Å². The zero-order valence-electron chi connectivity index (χ0n) is 8.00. The molecule has 3 heteroatoms. The van der Waals surface area contributed by atoms with Crippen molar-refractivity contribution in [3.8, 4) is 0 Å². The van der Waals surface area contributed by atoms with E-state index in [1.807, 2.05) is 18.2 Å². The number of rotatable bonds is 2. The Morgan fingerprint density at radius 3 is 2.86 bits per heavy atom. The normalized spacial score (nSPS) is 11.1. The molecule has 0 atom stereocenters. The van der Waals surface area contributed by atoms with Crippen molar-refractivity contribution in [3.63, 3.8) is 0 Å². The SMILES string of the molecule is CCn1c(CO)cc2c(Br)cccc21. The molecule has 1 heterocycles. The second kappa shape index (κ2) is 3.75. The van der Waals surface area contributed by atoms with Gasteiger partial charge in [-0.05, 0) is 25.1 Å². The lowest BCUT2D eigenvalue weighted by atomic mass is 10.2. The van der Waals surface area contributed by atoms with E-state index in [0.29, 0.717) is 0 Å². The van der Waals surface area contributed by atoms with Crippen molar-refractivity contribution >= 4 is 26.8 Å². The van der Waals surface area contributed by atoms with Gasteiger partial charge in [-0.15, -0.1) is 0 Å². The summed E-state index contributed by atoms with van der Waals surface area (Å²) in [6.07, 6.45) is 0. The maximum absolute atomic E-state index is 9.21. The monoisotopic (exact) mass is 253 g/mol. The van der Waals surface area contributed by atoms with Gasteiger partial charge < -0.3 is 9.67 Å². The second-order valence-electron chi connectivity index (χ2n) is 3.21. The number of halogens is 1. The van der Waals surface area contributed by atoms with Gasteiger partial charge in [-0.1, -0.05) is 22.0 Å². The Morgan fingerprint density at radius 1 is 1.43 bits per heavy atom. The molecule has 2 nitrogen and oxygen atoms in total. The van der Waals surface area contributed by atoms with Crippen LogP contribution in [0.5, 0.6) is 0 Å². The molecule has 0 aliphatic heterocycles. The van der Waals surface area contributed by atoms with E-state index in [1.165, 1.54) is 10.9 Å². The fourth-order valence-corrected chi connectivity index (χ4v) is 2.28. The van der Waals surface area contributed by atoms with Gasteiger partial charge >= 0.3 is 0 Å². The molecule has 0 aliphatic rings. The summed E-state index contributed by atoms with van der Waals surface area (Å²) in [5, 5.41) is 10.4. The molecule has 0 fully saturated rings. The van der Waals surface area contributed by atoms with Crippen molar-refractivity contribution in [1.29, 1.82) is 0 Å². The molecule has 0 saturated carbocycles. The van der Waals surface area contributed by atoms with Crippen molar-refractivity contribution in [2.75, 3.05) is 0 Å². The molecule has 2 aromatic rings. The number of aromatic nitrogens is 1. The van der Waals surface area contributed by atoms with Crippen LogP contribution in [0.25, 0.3) is 10.9 Å². The fourth-order valence-electron chi connectivity index (χ4n) is 1.81. The molecule has 0 spiro atoms. The number of benzene rings is 1. The first-order valence-corrected chi connectivity index (χ1v) is 5.44. The highest BCUT2D eigenvalue weighted by Gasteiger charge is 2.07. The number of aliphatic hydroxyl groups excluding tert-OH is 1. The number of aliphatic hydroxyl groups is 1. The summed E-state index contributed by atoms with van der Waals surface area (Å²) < 4.78 is 3.21. The summed E-state index contributed by atoms with van der Waals surface area (Å²) in [4.78, 5) is 0. The number of fused-ring (bicyclic) bond motifs is 1. The molecule has 74 valence electrons. The van der Waals surface area contributed by atoms with Crippen molar-refractivity contribution in [2.24, 2.45) is 0 Å². The zero-order chi connectivity index (χ0) is 10.1. The minimum atomic E-state index is 0.0922. The average molecular weight is 254 g/mol. The van der Waals surface area contributed by atoms with Crippen molar-refractivity contribution in [1.82, 2.24) is 4.57 Å². The maximum Gasteiger partial charge on any atom is 0.0833 e. The number of aryl methyl sites for hydroxylation is 1. The highest BCUT2D eigenvalue weighted by molar-refractivity contribution is 9.10. The minimum Gasteiger partial charge on any atom is -0.390 e. The lowest BCUT2D eigenvalue weighted by Gasteiger charge is -2.04. The molecule has 14 heavy (non-hydrogen) atoms. The molecule has 0 aliphatic carbocycles. The maximum atomic E-state index is 9.21. The van der Waals surface area contributed by atoms with Crippen LogP contribution in [0.4, 0.5) is 0 Å². The van der Waals surface area contributed by atoms with Gasteiger partial charge in [0, 0.05) is 27.6 Å². The van der Waals surface area contributed by atoms with E-state index in [0.717, 1.165) is 16.7 Å². The Morgan fingerprint density at radius 2 is 2.21 bits per heavy atom. The van der Waals surface area contributed by atoms with E-state index >= 15 is 0 Å². The van der Waals surface area contributed by atoms with Crippen LogP contribution in [0.1, 0.15) is 12.6 Å². The van der Waals surface area contributed by atoms with E-state index in [9.17, 15) is 5.11 Å². The highest BCUT2D eigenvalue weighted by Crippen LogP contribution is 2.27. The first kappa shape index (κ1) is 9.74. The lowest BCUT2D eigenvalue weighted by Crippen LogP contribution is -1.99. The Hall–Kier alpha value is -0.800. The lowest BCUT2D eigenvalue weighted by molar-refractivity contribution is 0.272. The molecule has 0 bridgehead atoms. The van der Waals surface area contributed by atoms with Gasteiger partial charge in [0.05, 0.1) is 6.61 Å². The third-order valence-electron chi connectivity index (χ3n) is 2.46. The summed E-state index contributed by atoms with van der Waals surface area (Å²) in [6.45, 7) is 3.06. The fraction of sp³-hybridized carbons (Fsp3) is 0.273. The Balaban J connectivity index is 2.79. The molecular formula is C11H12BrNO. The second-order valence-corrected chi connectivity index (χ2v) is 4.07. The Kier molecular flexibility index (Phi) is 2.61. The molecule has 0 radical (unpaired) electrons. The Bertz CT molecular complexity index is 462. The average Bonchev–Trinajstić information content (AvgIpc) is 2.57. The predicted molar refractivity (Wildman–Crippen MR) is 61.2 cm³/mol. The van der Waals surface area contributed by atoms with Crippen molar-refractivity contribution < 1.29 is 5.11 Å². The first-order valence-electron chi connectivity index (χ1n) is 4.65. The molecule has 0 unspecified atom stereocenters. The quantitative estimate of drug-likeness (QED) is 0.875. The van der Waals surface area contributed by atoms with E-state index in [1.54, 1.807) is 0 Å². The summed E-state index contributed by atoms with van der Waals surface area (Å²) in [6, 6.07) is 8.13. The summed E-state index contributed by atoms with van der Waals surface area (Å²) >= 11 is 3.51. The predicted octanol–water partition coefficient (Wildman–Crippen LogP) is 2.92. The molecule has 1 aromatic carbocycles. The molecular weight excluding hydrogens is 242 g/mol. The van der Waals surface area contributed by atoms with Crippen LogP contribution >= 0.6 is 15.9 Å². The molecule has 0 amide bonds. The number of hydrogen-bond acceptors (Lipinski definition) is 1. The van der Waals surface area contributed by atoms with Gasteiger partial charge in [0.25, 0.3) is 0 Å². The first-order chi connectivity index (χ1) is 6.77. The summed E-state index contributed by atoms with van der Waals surface area (Å²) in [7, 11) is 0. The smallest absolute Gasteiger partial charge is 0.0833 e.